The third-order valence-electron chi connectivity index (χ3n) is 0.630. The number of ether oxygens (including phenoxy) is 1. The summed E-state index contributed by atoms with van der Waals surface area (Å²) in [6, 6.07) is 0. The first-order chi connectivity index (χ1) is 7.04. The standard InChI is InChI=1S/C6H10O2.C2H2O5/c1-3-5-7-8-6-4-2;3-1(4)7-2(5)6/h3-4H,1-2,5-6H2;(H,3,4)(H,5,6). The summed E-state index contributed by atoms with van der Waals surface area (Å²) >= 11 is 0. The summed E-state index contributed by atoms with van der Waals surface area (Å²) in [4.78, 5) is 27.5. The van der Waals surface area contributed by atoms with Crippen molar-refractivity contribution in [3.8, 4) is 0 Å². The lowest BCUT2D eigenvalue weighted by Crippen LogP contribution is -2.05. The van der Waals surface area contributed by atoms with Crippen molar-refractivity contribution in [3.05, 3.63) is 25.3 Å². The first kappa shape index (κ1) is 15.6. The molecule has 2 N–H and O–H groups in total. The van der Waals surface area contributed by atoms with Gasteiger partial charge < -0.3 is 14.9 Å². The number of hydrogen-bond donors (Lipinski definition) is 2. The molecule has 0 amide bonds. The minimum atomic E-state index is -1.81. The molecular weight excluding hydrogens is 208 g/mol. The van der Waals surface area contributed by atoms with E-state index in [0.717, 1.165) is 0 Å². The third kappa shape index (κ3) is 24.5. The van der Waals surface area contributed by atoms with E-state index in [-0.39, 0.29) is 0 Å². The molecule has 0 unspecified atom stereocenters. The fourth-order valence-electron chi connectivity index (χ4n) is 0.267. The van der Waals surface area contributed by atoms with Crippen LogP contribution in [0.15, 0.2) is 25.3 Å². The molecule has 0 aromatic carbocycles. The van der Waals surface area contributed by atoms with Gasteiger partial charge in [-0.05, 0) is 0 Å². The number of hydrogen-bond acceptors (Lipinski definition) is 5. The Hall–Kier alpha value is -1.86. The van der Waals surface area contributed by atoms with Gasteiger partial charge in [-0.2, -0.15) is 0 Å². The molecule has 0 aromatic heterocycles. The average molecular weight is 220 g/mol. The van der Waals surface area contributed by atoms with Gasteiger partial charge in [0.15, 0.2) is 0 Å². The normalized spacial score (nSPS) is 8.00. The zero-order valence-corrected chi connectivity index (χ0v) is 7.92. The van der Waals surface area contributed by atoms with Gasteiger partial charge >= 0.3 is 12.3 Å². The number of carbonyl (C=O) groups is 2. The first-order valence-electron chi connectivity index (χ1n) is 3.64. The smallest absolute Gasteiger partial charge is 0.449 e. The number of carboxylic acid groups (broad SMARTS) is 2. The molecule has 0 fully saturated rings. The molecule has 0 radical (unpaired) electrons. The van der Waals surface area contributed by atoms with E-state index in [4.69, 9.17) is 10.2 Å². The lowest BCUT2D eigenvalue weighted by molar-refractivity contribution is -0.277. The lowest BCUT2D eigenvalue weighted by atomic mass is 10.7. The van der Waals surface area contributed by atoms with Gasteiger partial charge in [-0.15, -0.1) is 13.2 Å². The number of rotatable bonds is 5. The summed E-state index contributed by atoms with van der Waals surface area (Å²) in [5, 5.41) is 15.0. The molecule has 7 nitrogen and oxygen atoms in total. The van der Waals surface area contributed by atoms with Crippen molar-refractivity contribution < 1.29 is 34.3 Å². The minimum absolute atomic E-state index is 0.424. The second-order valence-corrected chi connectivity index (χ2v) is 1.78. The van der Waals surface area contributed by atoms with Crippen LogP contribution in [0.1, 0.15) is 0 Å². The summed E-state index contributed by atoms with van der Waals surface area (Å²) in [6.45, 7) is 7.70. The van der Waals surface area contributed by atoms with E-state index >= 15 is 0 Å². The molecule has 0 aliphatic rings. The summed E-state index contributed by atoms with van der Waals surface area (Å²) in [5.74, 6) is 0. The van der Waals surface area contributed by atoms with Gasteiger partial charge in [-0.3, -0.25) is 0 Å². The van der Waals surface area contributed by atoms with Crippen LogP contribution in [0.3, 0.4) is 0 Å². The van der Waals surface area contributed by atoms with E-state index in [1.54, 1.807) is 12.2 Å². The SMILES string of the molecule is C=CCOOCC=C.O=C(O)OC(=O)O. The van der Waals surface area contributed by atoms with Crippen LogP contribution in [0.2, 0.25) is 0 Å². The highest BCUT2D eigenvalue weighted by Crippen LogP contribution is 1.77. The average Bonchev–Trinajstić information content (AvgIpc) is 2.11. The van der Waals surface area contributed by atoms with E-state index < -0.39 is 12.3 Å². The Morgan fingerprint density at radius 3 is 1.47 bits per heavy atom. The maximum atomic E-state index is 9.21. The largest absolute Gasteiger partial charge is 0.516 e. The van der Waals surface area contributed by atoms with Crippen LogP contribution < -0.4 is 0 Å². The lowest BCUT2D eigenvalue weighted by Gasteiger charge is -1.94. The van der Waals surface area contributed by atoms with Gasteiger partial charge in [0.05, 0.1) is 0 Å². The Kier molecular flexibility index (Phi) is 12.6. The molecule has 15 heavy (non-hydrogen) atoms. The highest BCUT2D eigenvalue weighted by atomic mass is 17.2. The van der Waals surface area contributed by atoms with Crippen molar-refractivity contribution in [1.29, 1.82) is 0 Å². The zero-order chi connectivity index (χ0) is 12.1. The van der Waals surface area contributed by atoms with E-state index in [0.29, 0.717) is 13.2 Å². The van der Waals surface area contributed by atoms with Gasteiger partial charge in [-0.1, -0.05) is 12.2 Å². The molecule has 86 valence electrons. The van der Waals surface area contributed by atoms with Crippen molar-refractivity contribution >= 4 is 12.3 Å². The molecule has 0 aliphatic carbocycles. The van der Waals surface area contributed by atoms with E-state index in [1.165, 1.54) is 0 Å². The monoisotopic (exact) mass is 220 g/mol. The van der Waals surface area contributed by atoms with Crippen LogP contribution in [-0.4, -0.2) is 35.7 Å². The highest BCUT2D eigenvalue weighted by molar-refractivity contribution is 5.74. The molecule has 0 spiro atoms. The van der Waals surface area contributed by atoms with Gasteiger partial charge in [0.25, 0.3) is 0 Å². The Bertz CT molecular complexity index is 189. The van der Waals surface area contributed by atoms with E-state index in [9.17, 15) is 9.59 Å². The Morgan fingerprint density at radius 2 is 1.33 bits per heavy atom. The molecule has 0 heterocycles. The zero-order valence-electron chi connectivity index (χ0n) is 7.92. The van der Waals surface area contributed by atoms with Gasteiger partial charge in [0, 0.05) is 0 Å². The van der Waals surface area contributed by atoms with Crippen molar-refractivity contribution in [1.82, 2.24) is 0 Å². The molecule has 0 aliphatic heterocycles. The van der Waals surface area contributed by atoms with Gasteiger partial charge in [0.2, 0.25) is 0 Å². The van der Waals surface area contributed by atoms with Crippen molar-refractivity contribution in [2.75, 3.05) is 13.2 Å². The van der Waals surface area contributed by atoms with Crippen LogP contribution in [-0.2, 0) is 14.5 Å². The highest BCUT2D eigenvalue weighted by Gasteiger charge is 2.01. The van der Waals surface area contributed by atoms with Crippen LogP contribution in [0.25, 0.3) is 0 Å². The Morgan fingerprint density at radius 1 is 1.00 bits per heavy atom. The van der Waals surface area contributed by atoms with Crippen molar-refractivity contribution in [3.63, 3.8) is 0 Å². The molecule has 0 atom stereocenters. The summed E-state index contributed by atoms with van der Waals surface area (Å²) in [7, 11) is 0. The molecule has 7 heteroatoms. The van der Waals surface area contributed by atoms with Crippen molar-refractivity contribution in [2.45, 2.75) is 0 Å². The molecule has 0 saturated heterocycles. The van der Waals surface area contributed by atoms with E-state index in [2.05, 4.69) is 27.7 Å². The molecule has 0 aromatic rings. The Labute approximate surface area is 86.1 Å². The van der Waals surface area contributed by atoms with Crippen LogP contribution in [0.5, 0.6) is 0 Å². The topological polar surface area (TPSA) is 102 Å². The molecule has 0 bridgehead atoms. The van der Waals surface area contributed by atoms with Crippen LogP contribution in [0.4, 0.5) is 9.59 Å². The predicted octanol–water partition coefficient (Wildman–Crippen LogP) is 1.67. The Balaban J connectivity index is 0. The van der Waals surface area contributed by atoms with E-state index in [1.807, 2.05) is 0 Å². The summed E-state index contributed by atoms with van der Waals surface area (Å²) in [6.07, 6.45) is -0.397. The quantitative estimate of drug-likeness (QED) is 0.181. The third-order valence-corrected chi connectivity index (χ3v) is 0.630. The summed E-state index contributed by atoms with van der Waals surface area (Å²) in [5.41, 5.74) is 0. The second kappa shape index (κ2) is 12.1. The first-order valence-corrected chi connectivity index (χ1v) is 3.64. The van der Waals surface area contributed by atoms with Gasteiger partial charge in [0.1, 0.15) is 13.2 Å². The van der Waals surface area contributed by atoms with Gasteiger partial charge in [-0.25, -0.2) is 19.4 Å². The summed E-state index contributed by atoms with van der Waals surface area (Å²) < 4.78 is 3.08. The maximum Gasteiger partial charge on any atom is 0.516 e. The van der Waals surface area contributed by atoms with Crippen molar-refractivity contribution in [2.24, 2.45) is 0 Å². The second-order valence-electron chi connectivity index (χ2n) is 1.78. The predicted molar refractivity (Wildman–Crippen MR) is 49.4 cm³/mol. The fraction of sp³-hybridized carbons (Fsp3) is 0.250. The molecule has 0 rings (SSSR count). The minimum Gasteiger partial charge on any atom is -0.449 e. The van der Waals surface area contributed by atoms with Crippen LogP contribution in [0, 0.1) is 0 Å². The van der Waals surface area contributed by atoms with Crippen LogP contribution >= 0.6 is 0 Å². The molecule has 0 saturated carbocycles. The fourth-order valence-corrected chi connectivity index (χ4v) is 0.267. The molecular formula is C8H12O7. The maximum absolute atomic E-state index is 9.21.